The van der Waals surface area contributed by atoms with E-state index in [-0.39, 0.29) is 0 Å². The summed E-state index contributed by atoms with van der Waals surface area (Å²) in [6.07, 6.45) is 4.37. The van der Waals surface area contributed by atoms with Crippen LogP contribution in [0.15, 0.2) is 24.3 Å². The van der Waals surface area contributed by atoms with Gasteiger partial charge in [0.25, 0.3) is 0 Å². The van der Waals surface area contributed by atoms with Crippen LogP contribution in [0.1, 0.15) is 37.8 Å². The van der Waals surface area contributed by atoms with E-state index in [1.807, 2.05) is 7.05 Å². The Labute approximate surface area is 110 Å². The zero-order chi connectivity index (χ0) is 12.5. The van der Waals surface area contributed by atoms with Gasteiger partial charge in [-0.2, -0.15) is 0 Å². The van der Waals surface area contributed by atoms with Crippen molar-refractivity contribution in [3.63, 3.8) is 0 Å². The molecule has 0 bridgehead atoms. The van der Waals surface area contributed by atoms with Gasteiger partial charge in [-0.25, -0.2) is 0 Å². The van der Waals surface area contributed by atoms with E-state index in [0.717, 1.165) is 11.8 Å². The lowest BCUT2D eigenvalue weighted by Gasteiger charge is -2.20. The summed E-state index contributed by atoms with van der Waals surface area (Å²) in [6.45, 7) is 4.77. The molecule has 2 nitrogen and oxygen atoms in total. The average Bonchev–Trinajstić information content (AvgIpc) is 2.99. The van der Waals surface area contributed by atoms with Crippen molar-refractivity contribution in [1.29, 1.82) is 0 Å². The quantitative estimate of drug-likeness (QED) is 0.878. The van der Waals surface area contributed by atoms with Gasteiger partial charge in [0.05, 0.1) is 0 Å². The third-order valence-electron chi connectivity index (χ3n) is 4.92. The number of rotatable bonds is 3. The van der Waals surface area contributed by atoms with Crippen LogP contribution in [-0.4, -0.2) is 20.1 Å². The molecule has 1 saturated carbocycles. The number of fused-ring (bicyclic) bond motifs is 1. The number of nitrogens with one attached hydrogen (secondary N) is 1. The van der Waals surface area contributed by atoms with Gasteiger partial charge in [0.1, 0.15) is 0 Å². The first-order valence-electron chi connectivity index (χ1n) is 7.30. The Morgan fingerprint density at radius 1 is 1.11 bits per heavy atom. The topological polar surface area (TPSA) is 15.3 Å². The predicted molar refractivity (Wildman–Crippen MR) is 77.0 cm³/mol. The highest BCUT2D eigenvalue weighted by atomic mass is 15.2. The van der Waals surface area contributed by atoms with Crippen molar-refractivity contribution < 1.29 is 0 Å². The minimum atomic E-state index is 0.442. The molecule has 1 aliphatic carbocycles. The molecule has 0 radical (unpaired) electrons. The van der Waals surface area contributed by atoms with E-state index in [0.29, 0.717) is 6.04 Å². The highest BCUT2D eigenvalue weighted by Crippen LogP contribution is 2.39. The van der Waals surface area contributed by atoms with Crippen molar-refractivity contribution in [2.24, 2.45) is 11.8 Å². The first-order valence-corrected chi connectivity index (χ1v) is 7.30. The molecule has 1 N–H and O–H groups in total. The molecule has 1 aliphatic heterocycles. The van der Waals surface area contributed by atoms with Crippen molar-refractivity contribution in [3.05, 3.63) is 29.8 Å². The predicted octanol–water partition coefficient (Wildman–Crippen LogP) is 3.20. The van der Waals surface area contributed by atoms with Gasteiger partial charge in [0, 0.05) is 24.8 Å². The monoisotopic (exact) mass is 244 g/mol. The molecular formula is C16H24N2. The Hall–Kier alpha value is -1.02. The summed E-state index contributed by atoms with van der Waals surface area (Å²) < 4.78 is 0. The molecule has 0 spiro atoms. The summed E-state index contributed by atoms with van der Waals surface area (Å²) in [5, 5.41) is 3.29. The van der Waals surface area contributed by atoms with Gasteiger partial charge in [-0.3, -0.25) is 0 Å². The highest BCUT2D eigenvalue weighted by Gasteiger charge is 2.35. The van der Waals surface area contributed by atoms with Crippen LogP contribution in [0, 0.1) is 11.8 Å². The van der Waals surface area contributed by atoms with E-state index in [1.54, 1.807) is 0 Å². The van der Waals surface area contributed by atoms with Crippen LogP contribution in [0.4, 0.5) is 5.69 Å². The number of nitrogens with zero attached hydrogens (tertiary/aromatic N) is 1. The maximum absolute atomic E-state index is 3.29. The fourth-order valence-corrected chi connectivity index (χ4v) is 3.59. The Bertz CT molecular complexity index is 386. The Morgan fingerprint density at radius 2 is 1.72 bits per heavy atom. The molecule has 3 unspecified atom stereocenters. The summed E-state index contributed by atoms with van der Waals surface area (Å²) in [4.78, 5) is 2.59. The van der Waals surface area contributed by atoms with Gasteiger partial charge in [0.15, 0.2) is 0 Å². The summed E-state index contributed by atoms with van der Waals surface area (Å²) in [5.74, 6) is 1.95. The maximum atomic E-state index is 3.29. The second-order valence-electron chi connectivity index (χ2n) is 5.96. The van der Waals surface area contributed by atoms with E-state index in [1.165, 1.54) is 43.6 Å². The molecule has 1 saturated heterocycles. The largest absolute Gasteiger partial charge is 0.371 e. The van der Waals surface area contributed by atoms with Gasteiger partial charge in [-0.1, -0.05) is 18.6 Å². The fourth-order valence-electron chi connectivity index (χ4n) is 3.59. The van der Waals surface area contributed by atoms with Crippen molar-refractivity contribution in [2.75, 3.05) is 25.0 Å². The van der Waals surface area contributed by atoms with Crippen LogP contribution >= 0.6 is 0 Å². The molecular weight excluding hydrogens is 220 g/mol. The summed E-state index contributed by atoms with van der Waals surface area (Å²) in [6, 6.07) is 9.57. The first-order chi connectivity index (χ1) is 8.78. The van der Waals surface area contributed by atoms with E-state index >= 15 is 0 Å². The van der Waals surface area contributed by atoms with E-state index in [9.17, 15) is 0 Å². The molecule has 0 aromatic heterocycles. The molecule has 1 aromatic carbocycles. The standard InChI is InChI=1S/C16H24N2/c1-12(17-2)13-6-8-16(9-7-13)18-10-14-4-3-5-15(14)11-18/h6-9,12,14-15,17H,3-5,10-11H2,1-2H3. The molecule has 2 aliphatic rings. The number of hydrogen-bond acceptors (Lipinski definition) is 2. The summed E-state index contributed by atoms with van der Waals surface area (Å²) >= 11 is 0. The molecule has 3 atom stereocenters. The third-order valence-corrected chi connectivity index (χ3v) is 4.92. The van der Waals surface area contributed by atoms with Gasteiger partial charge in [-0.15, -0.1) is 0 Å². The van der Waals surface area contributed by atoms with Crippen LogP contribution < -0.4 is 10.2 Å². The fraction of sp³-hybridized carbons (Fsp3) is 0.625. The molecule has 3 rings (SSSR count). The minimum Gasteiger partial charge on any atom is -0.371 e. The minimum absolute atomic E-state index is 0.442. The normalized spacial score (nSPS) is 28.4. The number of anilines is 1. The zero-order valence-electron chi connectivity index (χ0n) is 11.5. The molecule has 1 aromatic rings. The second kappa shape index (κ2) is 4.93. The van der Waals surface area contributed by atoms with Crippen LogP contribution in [-0.2, 0) is 0 Å². The lowest BCUT2D eigenvalue weighted by atomic mass is 10.0. The molecule has 1 heterocycles. The molecule has 98 valence electrons. The van der Waals surface area contributed by atoms with Crippen molar-refractivity contribution >= 4 is 5.69 Å². The third kappa shape index (κ3) is 2.14. The Morgan fingerprint density at radius 3 is 2.28 bits per heavy atom. The maximum Gasteiger partial charge on any atom is 0.0366 e. The molecule has 18 heavy (non-hydrogen) atoms. The zero-order valence-corrected chi connectivity index (χ0v) is 11.5. The van der Waals surface area contributed by atoms with Gasteiger partial charge >= 0.3 is 0 Å². The van der Waals surface area contributed by atoms with Gasteiger partial charge in [-0.05, 0) is 56.3 Å². The lowest BCUT2D eigenvalue weighted by molar-refractivity contribution is 0.494. The summed E-state index contributed by atoms with van der Waals surface area (Å²) in [7, 11) is 2.01. The first kappa shape index (κ1) is 12.0. The molecule has 0 amide bonds. The van der Waals surface area contributed by atoms with Gasteiger partial charge < -0.3 is 10.2 Å². The van der Waals surface area contributed by atoms with Crippen molar-refractivity contribution in [3.8, 4) is 0 Å². The second-order valence-corrected chi connectivity index (χ2v) is 5.96. The smallest absolute Gasteiger partial charge is 0.0366 e. The number of hydrogen-bond donors (Lipinski definition) is 1. The summed E-state index contributed by atoms with van der Waals surface area (Å²) in [5.41, 5.74) is 2.79. The van der Waals surface area contributed by atoms with Crippen LogP contribution in [0.5, 0.6) is 0 Å². The van der Waals surface area contributed by atoms with Crippen LogP contribution in [0.2, 0.25) is 0 Å². The van der Waals surface area contributed by atoms with E-state index in [4.69, 9.17) is 0 Å². The van der Waals surface area contributed by atoms with E-state index < -0.39 is 0 Å². The van der Waals surface area contributed by atoms with Crippen molar-refractivity contribution in [2.45, 2.75) is 32.2 Å². The van der Waals surface area contributed by atoms with E-state index in [2.05, 4.69) is 41.4 Å². The Balaban J connectivity index is 1.70. The molecule has 2 heteroatoms. The average molecular weight is 244 g/mol. The van der Waals surface area contributed by atoms with Gasteiger partial charge in [0.2, 0.25) is 0 Å². The number of benzene rings is 1. The lowest BCUT2D eigenvalue weighted by Crippen LogP contribution is -2.20. The molecule has 2 fully saturated rings. The SMILES string of the molecule is CNC(C)c1ccc(N2CC3CCCC3C2)cc1. The highest BCUT2D eigenvalue weighted by molar-refractivity contribution is 5.49. The van der Waals surface area contributed by atoms with Crippen molar-refractivity contribution in [1.82, 2.24) is 5.32 Å². The van der Waals surface area contributed by atoms with Crippen LogP contribution in [0.3, 0.4) is 0 Å². The van der Waals surface area contributed by atoms with Crippen LogP contribution in [0.25, 0.3) is 0 Å². The Kier molecular flexibility index (Phi) is 3.29.